The first-order valence-corrected chi connectivity index (χ1v) is 9.69. The normalized spacial score (nSPS) is 20.4. The molecule has 2 aromatic rings. The van der Waals surface area contributed by atoms with Gasteiger partial charge in [-0.05, 0) is 36.6 Å². The van der Waals surface area contributed by atoms with E-state index in [9.17, 15) is 13.2 Å². The second kappa shape index (κ2) is 11.0. The van der Waals surface area contributed by atoms with Gasteiger partial charge in [0.15, 0.2) is 5.96 Å². The molecule has 0 radical (unpaired) electrons. The number of nitrogens with one attached hydrogen (secondary N) is 2. The highest BCUT2D eigenvalue weighted by Crippen LogP contribution is 2.34. The van der Waals surface area contributed by atoms with Gasteiger partial charge in [0.2, 0.25) is 0 Å². The molecule has 0 bridgehead atoms. The average molecular weight is 533 g/mol. The summed E-state index contributed by atoms with van der Waals surface area (Å²) in [6.45, 7) is 3.18. The molecule has 1 aliphatic heterocycles. The van der Waals surface area contributed by atoms with Gasteiger partial charge >= 0.3 is 6.18 Å². The fourth-order valence-corrected chi connectivity index (χ4v) is 3.55. The molecule has 0 aromatic heterocycles. The smallest absolute Gasteiger partial charge is 0.373 e. The molecule has 8 heteroatoms. The lowest BCUT2D eigenvalue weighted by Crippen LogP contribution is -2.41. The van der Waals surface area contributed by atoms with Gasteiger partial charge in [0.1, 0.15) is 0 Å². The van der Waals surface area contributed by atoms with Crippen LogP contribution in [-0.4, -0.2) is 26.2 Å². The highest BCUT2D eigenvalue weighted by Gasteiger charge is 2.31. The van der Waals surface area contributed by atoms with Crippen LogP contribution in [0.1, 0.15) is 42.2 Å². The van der Waals surface area contributed by atoms with Crippen molar-refractivity contribution in [2.45, 2.75) is 31.7 Å². The van der Waals surface area contributed by atoms with Crippen molar-refractivity contribution in [3.63, 3.8) is 0 Å². The minimum atomic E-state index is -4.36. The van der Waals surface area contributed by atoms with E-state index in [0.29, 0.717) is 30.6 Å². The Morgan fingerprint density at radius 2 is 1.90 bits per heavy atom. The third-order valence-electron chi connectivity index (χ3n) is 5.16. The summed E-state index contributed by atoms with van der Waals surface area (Å²) in [6, 6.07) is 15.1. The molecule has 1 heterocycles. The molecule has 30 heavy (non-hydrogen) atoms. The van der Waals surface area contributed by atoms with Gasteiger partial charge in [-0.1, -0.05) is 42.5 Å². The summed E-state index contributed by atoms with van der Waals surface area (Å²) in [7, 11) is 1.65. The maximum absolute atomic E-state index is 13.0. The summed E-state index contributed by atoms with van der Waals surface area (Å²) in [4.78, 5) is 4.21. The quantitative estimate of drug-likeness (QED) is 0.311. The van der Waals surface area contributed by atoms with Crippen LogP contribution in [-0.2, 0) is 10.9 Å². The Labute approximate surface area is 192 Å². The molecule has 3 rings (SSSR count). The van der Waals surface area contributed by atoms with Crippen LogP contribution in [0.3, 0.4) is 0 Å². The summed E-state index contributed by atoms with van der Waals surface area (Å²) in [6.07, 6.45) is -3.39. The second-order valence-corrected chi connectivity index (χ2v) is 7.19. The van der Waals surface area contributed by atoms with E-state index in [1.807, 2.05) is 25.1 Å². The van der Waals surface area contributed by atoms with Crippen LogP contribution in [0.5, 0.6) is 0 Å². The number of benzene rings is 2. The monoisotopic (exact) mass is 533 g/mol. The number of rotatable bonds is 5. The maximum atomic E-state index is 13.0. The standard InChI is InChI=1S/C22H26F3N3O.HI/c1-15(17-9-6-10-19(13-17)22(23,24)25)28-21(26-2)27-14-18-11-12-29-20(18)16-7-4-3-5-8-16;/h3-10,13,15,18,20H,11-12,14H2,1-2H3,(H2,26,27,28);1H. The first kappa shape index (κ1) is 24.5. The van der Waals surface area contributed by atoms with Gasteiger partial charge in [0.25, 0.3) is 0 Å². The zero-order chi connectivity index (χ0) is 20.9. The number of guanidine groups is 1. The molecule has 1 fully saturated rings. The molecule has 0 amide bonds. The number of aliphatic imine (C=N–C) groups is 1. The number of ether oxygens (including phenoxy) is 1. The zero-order valence-corrected chi connectivity index (χ0v) is 19.3. The van der Waals surface area contributed by atoms with Crippen LogP contribution < -0.4 is 10.6 Å². The highest BCUT2D eigenvalue weighted by molar-refractivity contribution is 14.0. The van der Waals surface area contributed by atoms with Crippen LogP contribution in [0.25, 0.3) is 0 Å². The molecule has 1 aliphatic rings. The summed E-state index contributed by atoms with van der Waals surface area (Å²) >= 11 is 0. The second-order valence-electron chi connectivity index (χ2n) is 7.19. The van der Waals surface area contributed by atoms with Crippen LogP contribution in [0.2, 0.25) is 0 Å². The SMILES string of the molecule is CN=C(NCC1CCOC1c1ccccc1)NC(C)c1cccc(C(F)(F)F)c1.I. The topological polar surface area (TPSA) is 45.7 Å². The third kappa shape index (κ3) is 6.34. The Morgan fingerprint density at radius 3 is 2.57 bits per heavy atom. The largest absolute Gasteiger partial charge is 0.416 e. The van der Waals surface area contributed by atoms with E-state index in [0.717, 1.165) is 18.1 Å². The fourth-order valence-electron chi connectivity index (χ4n) is 3.55. The predicted molar refractivity (Wildman–Crippen MR) is 123 cm³/mol. The lowest BCUT2D eigenvalue weighted by molar-refractivity contribution is -0.137. The summed E-state index contributed by atoms with van der Waals surface area (Å²) in [5.41, 5.74) is 1.05. The van der Waals surface area contributed by atoms with Crippen molar-refractivity contribution < 1.29 is 17.9 Å². The molecule has 0 saturated carbocycles. The van der Waals surface area contributed by atoms with Gasteiger partial charge in [-0.3, -0.25) is 4.99 Å². The first-order valence-electron chi connectivity index (χ1n) is 9.69. The number of hydrogen-bond acceptors (Lipinski definition) is 2. The zero-order valence-electron chi connectivity index (χ0n) is 16.9. The number of halogens is 4. The third-order valence-corrected chi connectivity index (χ3v) is 5.16. The van der Waals surface area contributed by atoms with E-state index in [1.165, 1.54) is 12.1 Å². The van der Waals surface area contributed by atoms with Crippen LogP contribution in [0.15, 0.2) is 59.6 Å². The molecular weight excluding hydrogens is 506 g/mol. The van der Waals surface area contributed by atoms with E-state index in [-0.39, 0.29) is 36.1 Å². The van der Waals surface area contributed by atoms with Crippen molar-refractivity contribution in [2.24, 2.45) is 10.9 Å². The molecule has 0 spiro atoms. The van der Waals surface area contributed by atoms with E-state index in [1.54, 1.807) is 13.1 Å². The lowest BCUT2D eigenvalue weighted by atomic mass is 9.95. The fraction of sp³-hybridized carbons (Fsp3) is 0.409. The van der Waals surface area contributed by atoms with E-state index in [4.69, 9.17) is 4.74 Å². The van der Waals surface area contributed by atoms with E-state index in [2.05, 4.69) is 27.8 Å². The Balaban J connectivity index is 0.00000320. The predicted octanol–water partition coefficient (Wildman–Crippen LogP) is 5.33. The first-order chi connectivity index (χ1) is 13.9. The van der Waals surface area contributed by atoms with Crippen molar-refractivity contribution in [1.29, 1.82) is 0 Å². The van der Waals surface area contributed by atoms with Crippen LogP contribution >= 0.6 is 24.0 Å². The molecular formula is C22H27F3IN3O. The van der Waals surface area contributed by atoms with Crippen molar-refractivity contribution >= 4 is 29.9 Å². The van der Waals surface area contributed by atoms with E-state index >= 15 is 0 Å². The average Bonchev–Trinajstić information content (AvgIpc) is 3.19. The Kier molecular flexibility index (Phi) is 8.96. The van der Waals surface area contributed by atoms with Gasteiger partial charge in [-0.15, -0.1) is 24.0 Å². The summed E-state index contributed by atoms with van der Waals surface area (Å²) < 4.78 is 44.8. The molecule has 164 valence electrons. The van der Waals surface area contributed by atoms with Gasteiger partial charge in [-0.2, -0.15) is 13.2 Å². The molecule has 4 nitrogen and oxygen atoms in total. The van der Waals surface area contributed by atoms with Crippen molar-refractivity contribution in [1.82, 2.24) is 10.6 Å². The number of nitrogens with zero attached hydrogens (tertiary/aromatic N) is 1. The summed E-state index contributed by atoms with van der Waals surface area (Å²) in [5, 5.41) is 6.46. The number of alkyl halides is 3. The molecule has 3 atom stereocenters. The van der Waals surface area contributed by atoms with Gasteiger partial charge in [0.05, 0.1) is 17.7 Å². The number of hydrogen-bond donors (Lipinski definition) is 2. The molecule has 1 saturated heterocycles. The molecule has 2 aromatic carbocycles. The molecule has 2 N–H and O–H groups in total. The maximum Gasteiger partial charge on any atom is 0.416 e. The molecule has 3 unspecified atom stereocenters. The van der Waals surface area contributed by atoms with Gasteiger partial charge in [0, 0.05) is 26.1 Å². The Morgan fingerprint density at radius 1 is 1.17 bits per heavy atom. The Bertz CT molecular complexity index is 830. The summed E-state index contributed by atoms with van der Waals surface area (Å²) in [5.74, 6) is 0.841. The Hall–Kier alpha value is -1.81. The van der Waals surface area contributed by atoms with Crippen molar-refractivity contribution in [3.8, 4) is 0 Å². The lowest BCUT2D eigenvalue weighted by Gasteiger charge is -2.23. The highest BCUT2D eigenvalue weighted by atomic mass is 127. The minimum absolute atomic E-state index is 0. The van der Waals surface area contributed by atoms with Gasteiger partial charge in [-0.25, -0.2) is 0 Å². The van der Waals surface area contributed by atoms with E-state index < -0.39 is 11.7 Å². The van der Waals surface area contributed by atoms with Gasteiger partial charge < -0.3 is 15.4 Å². The van der Waals surface area contributed by atoms with Crippen LogP contribution in [0.4, 0.5) is 13.2 Å². The van der Waals surface area contributed by atoms with Crippen molar-refractivity contribution in [3.05, 3.63) is 71.3 Å². The minimum Gasteiger partial charge on any atom is -0.373 e. The van der Waals surface area contributed by atoms with Crippen molar-refractivity contribution in [2.75, 3.05) is 20.2 Å². The molecule has 0 aliphatic carbocycles. The van der Waals surface area contributed by atoms with Crippen LogP contribution in [0, 0.1) is 5.92 Å².